The number of nitrogens with zero attached hydrogens (tertiary/aromatic N) is 6. The summed E-state index contributed by atoms with van der Waals surface area (Å²) in [5, 5.41) is 9.75. The molecule has 0 atom stereocenters. The van der Waals surface area contributed by atoms with Gasteiger partial charge in [0, 0.05) is 20.1 Å². The van der Waals surface area contributed by atoms with Crippen LogP contribution in [0.15, 0.2) is 125 Å². The highest BCUT2D eigenvalue weighted by Gasteiger charge is 2.12. The van der Waals surface area contributed by atoms with Crippen LogP contribution >= 0.6 is 55.4 Å². The first-order chi connectivity index (χ1) is 22.6. The minimum absolute atomic E-state index is 0.520. The van der Waals surface area contributed by atoms with Crippen molar-refractivity contribution in [3.05, 3.63) is 118 Å². The topological polar surface area (TPSA) is 135 Å². The fraction of sp³-hybridized carbons (Fsp3) is 0.0625. The first kappa shape index (κ1) is 30.4. The Morgan fingerprint density at radius 2 is 1.00 bits per heavy atom. The lowest BCUT2D eigenvalue weighted by Crippen LogP contribution is -1.85. The Morgan fingerprint density at radius 1 is 0.543 bits per heavy atom. The minimum Gasteiger partial charge on any atom is -0.334 e. The van der Waals surface area contributed by atoms with Crippen LogP contribution in [0.3, 0.4) is 0 Å². The monoisotopic (exact) mass is 772 g/mol. The molecule has 0 saturated carbocycles. The molecule has 4 heterocycles. The van der Waals surface area contributed by atoms with Crippen molar-refractivity contribution in [2.45, 2.75) is 21.8 Å². The summed E-state index contributed by atoms with van der Waals surface area (Å²) in [6.07, 6.45) is 0. The van der Waals surface area contributed by atoms with Gasteiger partial charge in [0.25, 0.3) is 11.8 Å². The molecule has 4 aromatic carbocycles. The quantitative estimate of drug-likeness (QED) is 0.144. The Balaban J connectivity index is 0.000000147. The molecule has 0 aliphatic rings. The van der Waals surface area contributed by atoms with Gasteiger partial charge >= 0.3 is 0 Å². The van der Waals surface area contributed by atoms with E-state index in [1.165, 1.54) is 0 Å². The van der Waals surface area contributed by atoms with Crippen LogP contribution in [0.4, 0.5) is 0 Å². The largest absolute Gasteiger partial charge is 0.334 e. The fourth-order valence-corrected chi connectivity index (χ4v) is 6.62. The average Bonchev–Trinajstić information content (AvgIpc) is 3.89. The van der Waals surface area contributed by atoms with Gasteiger partial charge in [-0.3, -0.25) is 0 Å². The van der Waals surface area contributed by atoms with Crippen molar-refractivity contribution in [1.29, 1.82) is 0 Å². The molecule has 0 spiro atoms. The number of aromatic nitrogens is 8. The van der Waals surface area contributed by atoms with Crippen molar-refractivity contribution >= 4 is 77.5 Å². The van der Waals surface area contributed by atoms with Crippen LogP contribution in [-0.2, 0) is 11.5 Å². The molecule has 228 valence electrons. The first-order valence-electron chi connectivity index (χ1n) is 13.9. The van der Waals surface area contributed by atoms with Crippen LogP contribution in [0.2, 0.25) is 0 Å². The zero-order valence-electron chi connectivity index (χ0n) is 23.7. The molecular formula is C32H22Br2N8O2S2. The number of aromatic amines is 2. The van der Waals surface area contributed by atoms with Crippen LogP contribution in [0.5, 0.6) is 0 Å². The average molecular weight is 775 g/mol. The molecule has 0 amide bonds. The molecule has 8 aromatic rings. The zero-order chi connectivity index (χ0) is 31.3. The molecule has 14 heteroatoms. The molecule has 0 fully saturated rings. The molecule has 0 bridgehead atoms. The summed E-state index contributed by atoms with van der Waals surface area (Å²) in [5.41, 5.74) is 5.76. The van der Waals surface area contributed by atoms with E-state index < -0.39 is 0 Å². The number of rotatable bonds is 8. The van der Waals surface area contributed by atoms with Crippen molar-refractivity contribution in [2.75, 3.05) is 0 Å². The van der Waals surface area contributed by atoms with E-state index in [2.05, 4.69) is 72.1 Å². The van der Waals surface area contributed by atoms with E-state index in [0.717, 1.165) is 52.5 Å². The maximum atomic E-state index is 5.33. The number of benzene rings is 4. The Bertz CT molecular complexity index is 2020. The van der Waals surface area contributed by atoms with E-state index in [1.54, 1.807) is 23.5 Å². The highest BCUT2D eigenvalue weighted by atomic mass is 79.9. The van der Waals surface area contributed by atoms with E-state index in [0.29, 0.717) is 34.9 Å². The normalized spacial score (nSPS) is 11.2. The smallest absolute Gasteiger partial charge is 0.257 e. The molecule has 0 radical (unpaired) electrons. The Hall–Kier alpha value is -4.24. The van der Waals surface area contributed by atoms with Crippen LogP contribution in [0, 0.1) is 0 Å². The van der Waals surface area contributed by atoms with E-state index in [4.69, 9.17) is 9.05 Å². The molecule has 0 saturated heterocycles. The van der Waals surface area contributed by atoms with Gasteiger partial charge in [-0.05, 0) is 60.7 Å². The molecule has 0 aliphatic heterocycles. The summed E-state index contributed by atoms with van der Waals surface area (Å²) in [5.74, 6) is 3.52. The molecule has 4 aromatic heterocycles. The van der Waals surface area contributed by atoms with Gasteiger partial charge in [0.15, 0.2) is 22.0 Å². The van der Waals surface area contributed by atoms with Gasteiger partial charge < -0.3 is 19.0 Å². The molecule has 46 heavy (non-hydrogen) atoms. The third-order valence-corrected chi connectivity index (χ3v) is 9.22. The second-order valence-corrected chi connectivity index (χ2v) is 13.5. The highest BCUT2D eigenvalue weighted by Crippen LogP contribution is 2.27. The molecule has 8 rings (SSSR count). The number of halogens is 2. The maximum Gasteiger partial charge on any atom is 0.257 e. The second-order valence-electron chi connectivity index (χ2n) is 9.75. The van der Waals surface area contributed by atoms with Gasteiger partial charge in [0.2, 0.25) is 0 Å². The van der Waals surface area contributed by atoms with Gasteiger partial charge in [-0.15, -0.1) is 0 Å². The number of imidazole rings is 2. The summed E-state index contributed by atoms with van der Waals surface area (Å²) >= 11 is 9.98. The van der Waals surface area contributed by atoms with Crippen molar-refractivity contribution in [2.24, 2.45) is 0 Å². The number of thioether (sulfide) groups is 2. The zero-order valence-corrected chi connectivity index (χ0v) is 28.5. The van der Waals surface area contributed by atoms with Crippen LogP contribution in [-0.4, -0.2) is 40.2 Å². The molecule has 10 nitrogen and oxygen atoms in total. The van der Waals surface area contributed by atoms with Crippen molar-refractivity contribution in [1.82, 2.24) is 40.2 Å². The Morgan fingerprint density at radius 3 is 1.43 bits per heavy atom. The van der Waals surface area contributed by atoms with Gasteiger partial charge in [-0.2, -0.15) is 9.97 Å². The third-order valence-electron chi connectivity index (χ3n) is 6.49. The minimum atomic E-state index is 0.520. The Kier molecular flexibility index (Phi) is 9.28. The van der Waals surface area contributed by atoms with Crippen molar-refractivity contribution in [3.8, 4) is 22.9 Å². The number of nitrogens with one attached hydrogen (secondary N) is 2. The SMILES string of the molecule is Brc1cccc(-c2nc(CSc3nc4ccccc4[nH]3)no2)c1.Brc1cccc(-c2nc(CSc3nc4ccccc4[nH]3)no2)c1. The van der Waals surface area contributed by atoms with Crippen molar-refractivity contribution in [3.63, 3.8) is 0 Å². The van der Waals surface area contributed by atoms with E-state index in [9.17, 15) is 0 Å². The molecule has 0 unspecified atom stereocenters. The van der Waals surface area contributed by atoms with Gasteiger partial charge in [0.05, 0.1) is 33.6 Å². The highest BCUT2D eigenvalue weighted by molar-refractivity contribution is 9.10. The lowest BCUT2D eigenvalue weighted by Gasteiger charge is -1.94. The summed E-state index contributed by atoms with van der Waals surface area (Å²) in [6.45, 7) is 0. The maximum absolute atomic E-state index is 5.33. The Labute approximate surface area is 287 Å². The number of hydrogen-bond acceptors (Lipinski definition) is 10. The van der Waals surface area contributed by atoms with E-state index >= 15 is 0 Å². The third kappa shape index (κ3) is 7.41. The fourth-order valence-electron chi connectivity index (χ4n) is 4.36. The summed E-state index contributed by atoms with van der Waals surface area (Å²) < 4.78 is 12.6. The van der Waals surface area contributed by atoms with Crippen molar-refractivity contribution < 1.29 is 9.05 Å². The van der Waals surface area contributed by atoms with E-state index in [1.807, 2.05) is 97.1 Å². The van der Waals surface area contributed by atoms with Gasteiger partial charge in [-0.1, -0.05) is 102 Å². The molecule has 2 N–H and O–H groups in total. The lowest BCUT2D eigenvalue weighted by atomic mass is 10.2. The van der Waals surface area contributed by atoms with Crippen LogP contribution in [0.25, 0.3) is 45.0 Å². The van der Waals surface area contributed by atoms with Gasteiger partial charge in [0.1, 0.15) is 0 Å². The molecular weight excluding hydrogens is 752 g/mol. The number of para-hydroxylation sites is 4. The summed E-state index contributed by atoms with van der Waals surface area (Å²) in [4.78, 5) is 24.4. The first-order valence-corrected chi connectivity index (χ1v) is 17.4. The standard InChI is InChI=1S/2C16H11BrN4OS/c2*17-11-5-3-4-10(8-11)15-20-14(21-22-15)9-23-16-18-12-6-1-2-7-13(12)19-16/h2*1-8H,9H2,(H,18,19). The molecule has 0 aliphatic carbocycles. The van der Waals surface area contributed by atoms with E-state index in [-0.39, 0.29) is 0 Å². The van der Waals surface area contributed by atoms with Crippen LogP contribution in [0.1, 0.15) is 11.6 Å². The summed E-state index contributed by atoms with van der Waals surface area (Å²) in [7, 11) is 0. The predicted octanol–water partition coefficient (Wildman–Crippen LogP) is 9.34. The number of H-pyrrole nitrogens is 2. The second kappa shape index (κ2) is 14.0. The predicted molar refractivity (Wildman–Crippen MR) is 186 cm³/mol. The number of fused-ring (bicyclic) bond motifs is 2. The summed E-state index contributed by atoms with van der Waals surface area (Å²) in [6, 6.07) is 31.5. The number of hydrogen-bond donors (Lipinski definition) is 2. The van der Waals surface area contributed by atoms with Crippen LogP contribution < -0.4 is 0 Å². The van der Waals surface area contributed by atoms with Gasteiger partial charge in [-0.25, -0.2) is 9.97 Å². The lowest BCUT2D eigenvalue weighted by molar-refractivity contribution is 0.425.